The number of carbonyl (C=O) groups is 1. The summed E-state index contributed by atoms with van der Waals surface area (Å²) in [6.07, 6.45) is 2.88. The second kappa shape index (κ2) is 13.3. The third kappa shape index (κ3) is 8.01. The number of nitrogens with zero attached hydrogens (tertiary/aromatic N) is 1. The normalized spacial score (nSPS) is 14.7. The molecule has 1 N–H and O–H groups in total. The molecule has 1 heterocycles. The zero-order valence-corrected chi connectivity index (χ0v) is 17.6. The molecule has 0 aromatic heterocycles. The summed E-state index contributed by atoms with van der Waals surface area (Å²) >= 11 is 0. The van der Waals surface area contributed by atoms with E-state index in [1.165, 1.54) is 11.1 Å². The molecule has 28 heavy (non-hydrogen) atoms. The molecular formula is C23H32ClNO3. The number of carboxylic acids is 1. The lowest BCUT2D eigenvalue weighted by molar-refractivity contribution is -0.136. The Labute approximate surface area is 174 Å². The van der Waals surface area contributed by atoms with Gasteiger partial charge in [0, 0.05) is 19.5 Å². The van der Waals surface area contributed by atoms with Gasteiger partial charge in [-0.05, 0) is 30.5 Å². The first-order valence-corrected chi connectivity index (χ1v) is 9.83. The molecule has 0 radical (unpaired) electrons. The number of hydrogen-bond donors (Lipinski definition) is 1. The molecule has 0 unspecified atom stereocenters. The Kier molecular flexibility index (Phi) is 11.5. The molecule has 1 saturated heterocycles. The zero-order chi connectivity index (χ0) is 19.5. The highest BCUT2D eigenvalue weighted by Crippen LogP contribution is 2.29. The molecule has 2 aromatic carbocycles. The summed E-state index contributed by atoms with van der Waals surface area (Å²) in [5.41, 5.74) is 2.48. The van der Waals surface area contributed by atoms with E-state index in [4.69, 9.17) is 9.84 Å². The van der Waals surface area contributed by atoms with Gasteiger partial charge in [0.1, 0.15) is 6.10 Å². The summed E-state index contributed by atoms with van der Waals surface area (Å²) in [6.45, 7) is 7.28. The highest BCUT2D eigenvalue weighted by atomic mass is 35.5. The van der Waals surface area contributed by atoms with Gasteiger partial charge in [0.05, 0.1) is 6.10 Å². The van der Waals surface area contributed by atoms with Crippen LogP contribution in [-0.4, -0.2) is 41.7 Å². The van der Waals surface area contributed by atoms with Gasteiger partial charge in [0.25, 0.3) is 0 Å². The maximum absolute atomic E-state index is 9.37. The van der Waals surface area contributed by atoms with Gasteiger partial charge >= 0.3 is 5.97 Å². The Balaban J connectivity index is 0.000000584. The fraction of sp³-hybridized carbons (Fsp3) is 0.435. The van der Waals surface area contributed by atoms with E-state index in [2.05, 4.69) is 72.5 Å². The van der Waals surface area contributed by atoms with Crippen molar-refractivity contribution in [1.29, 1.82) is 0 Å². The minimum absolute atomic E-state index is 0. The Morgan fingerprint density at radius 1 is 1.00 bits per heavy atom. The van der Waals surface area contributed by atoms with Crippen LogP contribution in [0.3, 0.4) is 0 Å². The fourth-order valence-corrected chi connectivity index (χ4v) is 3.16. The van der Waals surface area contributed by atoms with Crippen LogP contribution in [0, 0.1) is 0 Å². The van der Waals surface area contributed by atoms with E-state index in [0.717, 1.165) is 32.5 Å². The summed E-state index contributed by atoms with van der Waals surface area (Å²) in [6, 6.07) is 21.2. The van der Waals surface area contributed by atoms with Crippen LogP contribution in [0.4, 0.5) is 0 Å². The van der Waals surface area contributed by atoms with Crippen molar-refractivity contribution in [2.45, 2.75) is 45.3 Å². The molecule has 2 aromatic rings. The molecule has 1 aliphatic rings. The number of piperidine rings is 1. The minimum atomic E-state index is -0.745. The molecule has 5 heteroatoms. The van der Waals surface area contributed by atoms with Crippen LogP contribution < -0.4 is 0 Å². The Morgan fingerprint density at radius 3 is 1.79 bits per heavy atom. The summed E-state index contributed by atoms with van der Waals surface area (Å²) < 4.78 is 6.53. The second-order valence-corrected chi connectivity index (χ2v) is 6.72. The number of halogens is 1. The average molecular weight is 406 g/mol. The molecule has 0 bridgehead atoms. The molecule has 3 rings (SSSR count). The number of ether oxygens (including phenoxy) is 1. The molecule has 4 nitrogen and oxygen atoms in total. The molecule has 0 amide bonds. The van der Waals surface area contributed by atoms with Crippen LogP contribution in [0.15, 0.2) is 60.7 Å². The van der Waals surface area contributed by atoms with E-state index < -0.39 is 5.97 Å². The largest absolute Gasteiger partial charge is 0.481 e. The predicted octanol–water partition coefficient (Wildman–Crippen LogP) is 5.18. The van der Waals surface area contributed by atoms with Gasteiger partial charge in [-0.2, -0.15) is 0 Å². The monoisotopic (exact) mass is 405 g/mol. The lowest BCUT2D eigenvalue weighted by Gasteiger charge is -2.33. The number of carboxylic acid groups (broad SMARTS) is 1. The molecule has 1 fully saturated rings. The summed E-state index contributed by atoms with van der Waals surface area (Å²) in [5, 5.41) is 7.72. The lowest BCUT2D eigenvalue weighted by Crippen LogP contribution is -2.37. The van der Waals surface area contributed by atoms with Crippen LogP contribution in [0.2, 0.25) is 0 Å². The molecule has 1 aliphatic heterocycles. The zero-order valence-electron chi connectivity index (χ0n) is 16.8. The average Bonchev–Trinajstić information content (AvgIpc) is 2.74. The van der Waals surface area contributed by atoms with Gasteiger partial charge < -0.3 is 14.7 Å². The van der Waals surface area contributed by atoms with Gasteiger partial charge in [-0.3, -0.25) is 4.79 Å². The van der Waals surface area contributed by atoms with Gasteiger partial charge in [0.2, 0.25) is 0 Å². The third-order valence-corrected chi connectivity index (χ3v) is 4.82. The smallest absolute Gasteiger partial charge is 0.303 e. The van der Waals surface area contributed by atoms with Crippen molar-refractivity contribution < 1.29 is 14.6 Å². The number of benzene rings is 2. The number of hydrogen-bond acceptors (Lipinski definition) is 3. The van der Waals surface area contributed by atoms with Crippen molar-refractivity contribution >= 4 is 18.4 Å². The topological polar surface area (TPSA) is 49.8 Å². The Hall–Kier alpha value is -1.88. The van der Waals surface area contributed by atoms with Crippen molar-refractivity contribution in [3.05, 3.63) is 71.8 Å². The number of rotatable bonds is 6. The number of likely N-dealkylation sites (tertiary alicyclic amines) is 1. The first-order valence-electron chi connectivity index (χ1n) is 9.83. The van der Waals surface area contributed by atoms with Crippen molar-refractivity contribution in [3.63, 3.8) is 0 Å². The molecule has 154 valence electrons. The van der Waals surface area contributed by atoms with Crippen molar-refractivity contribution in [3.8, 4) is 0 Å². The second-order valence-electron chi connectivity index (χ2n) is 6.72. The highest BCUT2D eigenvalue weighted by molar-refractivity contribution is 5.85. The Bertz CT molecular complexity index is 619. The van der Waals surface area contributed by atoms with E-state index in [1.807, 2.05) is 0 Å². The summed E-state index contributed by atoms with van der Waals surface area (Å²) in [7, 11) is 0. The lowest BCUT2D eigenvalue weighted by atomic mass is 10.00. The standard InChI is InChI=1S/C20H25NO.C3H6O2.ClH/c1-2-21-15-13-19(14-16-21)22-20(17-9-5-3-6-10-17)18-11-7-4-8-12-18;1-2-3(4)5;/h3-12,19-20H,2,13-16H2,1H3;2H2,1H3,(H,4,5);1H. The fourth-order valence-electron chi connectivity index (χ4n) is 3.16. The predicted molar refractivity (Wildman–Crippen MR) is 116 cm³/mol. The molecule has 0 spiro atoms. The van der Waals surface area contributed by atoms with Gasteiger partial charge in [-0.25, -0.2) is 0 Å². The van der Waals surface area contributed by atoms with E-state index in [9.17, 15) is 4.79 Å². The maximum Gasteiger partial charge on any atom is 0.303 e. The summed E-state index contributed by atoms with van der Waals surface area (Å²) in [5.74, 6) is -0.745. The van der Waals surface area contributed by atoms with Crippen LogP contribution in [0.5, 0.6) is 0 Å². The van der Waals surface area contributed by atoms with Gasteiger partial charge in [-0.15, -0.1) is 12.4 Å². The third-order valence-electron chi connectivity index (χ3n) is 4.82. The maximum atomic E-state index is 9.37. The molecule has 0 aliphatic carbocycles. The van der Waals surface area contributed by atoms with Crippen LogP contribution >= 0.6 is 12.4 Å². The van der Waals surface area contributed by atoms with Crippen LogP contribution in [-0.2, 0) is 9.53 Å². The first kappa shape index (κ1) is 24.2. The van der Waals surface area contributed by atoms with Crippen molar-refractivity contribution in [1.82, 2.24) is 4.90 Å². The quantitative estimate of drug-likeness (QED) is 0.719. The van der Waals surface area contributed by atoms with Crippen molar-refractivity contribution in [2.24, 2.45) is 0 Å². The van der Waals surface area contributed by atoms with E-state index in [-0.39, 0.29) is 24.9 Å². The van der Waals surface area contributed by atoms with E-state index >= 15 is 0 Å². The number of aliphatic carboxylic acids is 1. The molecule has 0 saturated carbocycles. The van der Waals surface area contributed by atoms with Gasteiger partial charge in [0.15, 0.2) is 0 Å². The van der Waals surface area contributed by atoms with Crippen LogP contribution in [0.25, 0.3) is 0 Å². The highest BCUT2D eigenvalue weighted by Gasteiger charge is 2.23. The first-order chi connectivity index (χ1) is 13.1. The summed E-state index contributed by atoms with van der Waals surface area (Å²) in [4.78, 5) is 11.9. The minimum Gasteiger partial charge on any atom is -0.481 e. The molecule has 0 atom stereocenters. The SMILES string of the molecule is CCC(=O)O.CCN1CCC(OC(c2ccccc2)c2ccccc2)CC1.Cl. The van der Waals surface area contributed by atoms with Crippen molar-refractivity contribution in [2.75, 3.05) is 19.6 Å². The molecular weight excluding hydrogens is 374 g/mol. The van der Waals surface area contributed by atoms with E-state index in [1.54, 1.807) is 6.92 Å². The van der Waals surface area contributed by atoms with E-state index in [0.29, 0.717) is 6.10 Å². The van der Waals surface area contributed by atoms with Crippen LogP contribution in [0.1, 0.15) is 50.3 Å². The Morgan fingerprint density at radius 2 is 1.43 bits per heavy atom. The van der Waals surface area contributed by atoms with Gasteiger partial charge in [-0.1, -0.05) is 74.5 Å².